The molecule has 0 radical (unpaired) electrons. The smallest absolute Gasteiger partial charge is 0.332 e. The highest BCUT2D eigenvalue weighted by Crippen LogP contribution is 2.13. The summed E-state index contributed by atoms with van der Waals surface area (Å²) < 4.78 is -0.0800. The average molecular weight is 337 g/mol. The largest absolute Gasteiger partial charge is 0.478 e. The second-order valence-corrected chi connectivity index (χ2v) is 5.23. The number of alkyl halides is 3. The van der Waals surface area contributed by atoms with Gasteiger partial charge in [0.2, 0.25) is 0 Å². The summed E-state index contributed by atoms with van der Waals surface area (Å²) in [6, 6.07) is 0. The number of carboxylic acids is 1. The van der Waals surface area contributed by atoms with Crippen LogP contribution in [0.3, 0.4) is 0 Å². The lowest BCUT2D eigenvalue weighted by Gasteiger charge is -1.96. The van der Waals surface area contributed by atoms with E-state index < -0.39 is 5.97 Å². The molecule has 0 amide bonds. The molecule has 0 aliphatic rings. The van der Waals surface area contributed by atoms with Crippen LogP contribution in [0.25, 0.3) is 0 Å². The van der Waals surface area contributed by atoms with Crippen molar-refractivity contribution >= 4 is 53.8 Å². The molecule has 2 nitrogen and oxygen atoms in total. The lowest BCUT2D eigenvalue weighted by Crippen LogP contribution is -2.02. The Balaban J connectivity index is 4.19. The summed E-state index contributed by atoms with van der Waals surface area (Å²) in [6.45, 7) is 0. The van der Waals surface area contributed by atoms with E-state index in [1.54, 1.807) is 6.08 Å². The van der Waals surface area contributed by atoms with E-state index in [9.17, 15) is 4.79 Å². The maximum Gasteiger partial charge on any atom is 0.332 e. The van der Waals surface area contributed by atoms with Gasteiger partial charge in [-0.15, -0.1) is 0 Å². The van der Waals surface area contributed by atoms with Gasteiger partial charge in [0.15, 0.2) is 0 Å². The Morgan fingerprint density at radius 2 is 2.10 bits per heavy atom. The van der Waals surface area contributed by atoms with Crippen molar-refractivity contribution in [1.82, 2.24) is 0 Å². The van der Waals surface area contributed by atoms with Crippen LogP contribution < -0.4 is 0 Å². The fourth-order valence-electron chi connectivity index (χ4n) is 0.325. The third-order valence-corrected chi connectivity index (χ3v) is 1.88. The van der Waals surface area contributed by atoms with Crippen LogP contribution in [0.5, 0.6) is 0 Å². The molecule has 58 valence electrons. The van der Waals surface area contributed by atoms with E-state index >= 15 is 0 Å². The van der Waals surface area contributed by atoms with Gasteiger partial charge < -0.3 is 5.11 Å². The summed E-state index contributed by atoms with van der Waals surface area (Å²) >= 11 is 9.33. The molecule has 5 heteroatoms. The molecule has 0 aromatic rings. The van der Waals surface area contributed by atoms with Gasteiger partial charge >= 0.3 is 5.97 Å². The van der Waals surface area contributed by atoms with Crippen LogP contribution in [0.4, 0.5) is 0 Å². The van der Waals surface area contributed by atoms with E-state index in [0.717, 1.165) is 0 Å². The zero-order valence-electron chi connectivity index (χ0n) is 4.85. The van der Waals surface area contributed by atoms with Crippen LogP contribution in [0.1, 0.15) is 0 Å². The number of carboxylic acid groups (broad SMARTS) is 1. The van der Waals surface area contributed by atoms with Crippen molar-refractivity contribution in [1.29, 1.82) is 0 Å². The fourth-order valence-corrected chi connectivity index (χ4v) is 1.39. The predicted molar refractivity (Wildman–Crippen MR) is 51.2 cm³/mol. The highest BCUT2D eigenvalue weighted by Gasteiger charge is 2.05. The first-order valence-corrected chi connectivity index (χ1v) is 5.31. The first kappa shape index (κ1) is 10.7. The zero-order valence-corrected chi connectivity index (χ0v) is 9.61. The molecule has 0 aromatic carbocycles. The second-order valence-electron chi connectivity index (χ2n) is 1.47. The number of aliphatic carboxylic acids is 1. The van der Waals surface area contributed by atoms with Gasteiger partial charge in [0.25, 0.3) is 0 Å². The summed E-state index contributed by atoms with van der Waals surface area (Å²) in [5.74, 6) is -0.902. The third kappa shape index (κ3) is 4.46. The van der Waals surface area contributed by atoms with Crippen LogP contribution in [0, 0.1) is 0 Å². The van der Waals surface area contributed by atoms with Gasteiger partial charge in [0, 0.05) is 10.9 Å². The highest BCUT2D eigenvalue weighted by molar-refractivity contribution is 9.24. The van der Waals surface area contributed by atoms with Gasteiger partial charge in [-0.1, -0.05) is 47.8 Å². The minimum Gasteiger partial charge on any atom is -0.478 e. The molecule has 0 aliphatic carbocycles. The highest BCUT2D eigenvalue weighted by atomic mass is 79.9. The van der Waals surface area contributed by atoms with Gasteiger partial charge in [-0.25, -0.2) is 4.79 Å². The zero-order chi connectivity index (χ0) is 8.15. The lowest BCUT2D eigenvalue weighted by molar-refractivity contribution is -0.132. The monoisotopic (exact) mass is 334 g/mol. The molecule has 0 spiro atoms. The van der Waals surface area contributed by atoms with Crippen molar-refractivity contribution in [2.75, 3.05) is 5.33 Å². The van der Waals surface area contributed by atoms with E-state index in [1.807, 2.05) is 0 Å². The molecule has 0 saturated heterocycles. The first-order chi connectivity index (χ1) is 4.57. The van der Waals surface area contributed by atoms with Gasteiger partial charge in [0.1, 0.15) is 0 Å². The Labute approximate surface area is 84.1 Å². The number of hydrogen-bond acceptors (Lipinski definition) is 1. The minimum atomic E-state index is -0.902. The van der Waals surface area contributed by atoms with Crippen LogP contribution in [0.15, 0.2) is 11.6 Å². The second kappa shape index (κ2) is 5.32. The molecule has 10 heavy (non-hydrogen) atoms. The molecule has 0 aliphatic heterocycles. The summed E-state index contributed by atoms with van der Waals surface area (Å²) in [4.78, 5) is 10.3. The predicted octanol–water partition coefficient (Wildman–Crippen LogP) is 2.51. The van der Waals surface area contributed by atoms with E-state index in [-0.39, 0.29) is 3.74 Å². The molecule has 1 N–H and O–H groups in total. The van der Waals surface area contributed by atoms with Gasteiger partial charge in [-0.05, 0) is 6.08 Å². The van der Waals surface area contributed by atoms with Crippen LogP contribution >= 0.6 is 47.8 Å². The summed E-state index contributed by atoms with van der Waals surface area (Å²) in [7, 11) is 0. The Bertz CT molecular complexity index is 153. The number of halogens is 3. The van der Waals surface area contributed by atoms with E-state index in [2.05, 4.69) is 47.8 Å². The topological polar surface area (TPSA) is 37.3 Å². The fraction of sp³-hybridized carbons (Fsp3) is 0.400. The molecule has 0 rings (SSSR count). The quantitative estimate of drug-likeness (QED) is 0.635. The Morgan fingerprint density at radius 3 is 2.20 bits per heavy atom. The van der Waals surface area contributed by atoms with Crippen molar-refractivity contribution in [2.24, 2.45) is 0 Å². The van der Waals surface area contributed by atoms with E-state index in [4.69, 9.17) is 5.11 Å². The molecule has 0 aromatic heterocycles. The third-order valence-electron chi connectivity index (χ3n) is 0.746. The van der Waals surface area contributed by atoms with Gasteiger partial charge in [0.05, 0.1) is 3.74 Å². The maximum atomic E-state index is 10.3. The Morgan fingerprint density at radius 1 is 1.60 bits per heavy atom. The standard InChI is InChI=1S/C5H5Br3O2/c6-2-3(5(9)10)1-4(7)8/h1,4H,2H2,(H,9,10)/b3-1+. The summed E-state index contributed by atoms with van der Waals surface area (Å²) in [6.07, 6.45) is 1.57. The Hall–Kier alpha value is 0.650. The molecular formula is C5H5Br3O2. The average Bonchev–Trinajstić information content (AvgIpc) is 1.81. The number of allylic oxidation sites excluding steroid dienone is 1. The summed E-state index contributed by atoms with van der Waals surface area (Å²) in [5, 5.41) is 8.84. The summed E-state index contributed by atoms with van der Waals surface area (Å²) in [5.41, 5.74) is 0.332. The van der Waals surface area contributed by atoms with Crippen molar-refractivity contribution in [3.63, 3.8) is 0 Å². The molecule has 0 heterocycles. The van der Waals surface area contributed by atoms with Crippen molar-refractivity contribution < 1.29 is 9.90 Å². The molecule has 0 unspecified atom stereocenters. The van der Waals surface area contributed by atoms with Crippen molar-refractivity contribution in [3.8, 4) is 0 Å². The molecule has 0 bridgehead atoms. The molecule has 0 atom stereocenters. The number of rotatable bonds is 3. The van der Waals surface area contributed by atoms with Crippen molar-refractivity contribution in [3.05, 3.63) is 11.6 Å². The minimum absolute atomic E-state index is 0.0800. The molecule has 0 fully saturated rings. The van der Waals surface area contributed by atoms with Crippen LogP contribution in [-0.2, 0) is 4.79 Å². The number of carbonyl (C=O) groups is 1. The Kier molecular flexibility index (Phi) is 5.67. The number of hydrogen-bond donors (Lipinski definition) is 1. The van der Waals surface area contributed by atoms with Gasteiger partial charge in [-0.3, -0.25) is 0 Å². The molecular weight excluding hydrogens is 332 g/mol. The maximum absolute atomic E-state index is 10.3. The van der Waals surface area contributed by atoms with Crippen LogP contribution in [0.2, 0.25) is 0 Å². The lowest BCUT2D eigenvalue weighted by atomic mass is 10.3. The van der Waals surface area contributed by atoms with E-state index in [1.165, 1.54) is 0 Å². The van der Waals surface area contributed by atoms with E-state index in [0.29, 0.717) is 10.9 Å². The SMILES string of the molecule is O=C(O)/C(=C/C(Br)Br)CBr. The van der Waals surface area contributed by atoms with Gasteiger partial charge in [-0.2, -0.15) is 0 Å². The van der Waals surface area contributed by atoms with Crippen molar-refractivity contribution in [2.45, 2.75) is 3.74 Å². The molecule has 0 saturated carbocycles. The normalized spacial score (nSPS) is 12.2. The first-order valence-electron chi connectivity index (χ1n) is 2.36. The van der Waals surface area contributed by atoms with Crippen LogP contribution in [-0.4, -0.2) is 20.1 Å².